The summed E-state index contributed by atoms with van der Waals surface area (Å²) in [6.45, 7) is 6.15. The second-order valence-electron chi connectivity index (χ2n) is 2.82. The summed E-state index contributed by atoms with van der Waals surface area (Å²) in [4.78, 5) is 0. The highest BCUT2D eigenvalue weighted by atomic mass is 19.3. The van der Waals surface area contributed by atoms with Crippen molar-refractivity contribution >= 4 is 0 Å². The Morgan fingerprint density at radius 1 is 1.14 bits per heavy atom. The summed E-state index contributed by atoms with van der Waals surface area (Å²) in [5.41, 5.74) is -0.295. The summed E-state index contributed by atoms with van der Waals surface area (Å²) in [5, 5.41) is 0. The van der Waals surface area contributed by atoms with Crippen LogP contribution in [0.3, 0.4) is 0 Å². The molecule has 0 aromatic heterocycles. The van der Waals surface area contributed by atoms with Crippen LogP contribution in [0.25, 0.3) is 0 Å². The molecular formula is C11H15F3. The van der Waals surface area contributed by atoms with E-state index < -0.39 is 17.3 Å². The molecule has 0 nitrogen and oxygen atoms in total. The maximum absolute atomic E-state index is 13.0. The lowest BCUT2D eigenvalue weighted by atomic mass is 10.1. The zero-order valence-corrected chi connectivity index (χ0v) is 8.87. The fourth-order valence-corrected chi connectivity index (χ4v) is 0.986. The van der Waals surface area contributed by atoms with Gasteiger partial charge in [0.05, 0.1) is 5.56 Å². The van der Waals surface area contributed by atoms with E-state index in [1.165, 1.54) is 19.1 Å². The van der Waals surface area contributed by atoms with Crippen LogP contribution in [0.15, 0.2) is 18.2 Å². The molecule has 0 unspecified atom stereocenters. The number of aryl methyl sites for hydroxylation is 1. The average Bonchev–Trinajstić information content (AvgIpc) is 2.11. The zero-order chi connectivity index (χ0) is 11.4. The van der Waals surface area contributed by atoms with Gasteiger partial charge in [-0.15, -0.1) is 0 Å². The van der Waals surface area contributed by atoms with E-state index in [4.69, 9.17) is 0 Å². The zero-order valence-electron chi connectivity index (χ0n) is 8.87. The summed E-state index contributed by atoms with van der Waals surface area (Å²) in [5.74, 6) is -3.92. The summed E-state index contributed by atoms with van der Waals surface area (Å²) in [6, 6.07) is 3.98. The number of alkyl halides is 2. The van der Waals surface area contributed by atoms with E-state index in [1.807, 2.05) is 13.8 Å². The van der Waals surface area contributed by atoms with Crippen LogP contribution >= 0.6 is 0 Å². The van der Waals surface area contributed by atoms with Crippen LogP contribution < -0.4 is 0 Å². The largest absolute Gasteiger partial charge is 0.273 e. The minimum Gasteiger partial charge on any atom is -0.206 e. The van der Waals surface area contributed by atoms with Gasteiger partial charge in [0.15, 0.2) is 0 Å². The fourth-order valence-electron chi connectivity index (χ4n) is 0.986. The van der Waals surface area contributed by atoms with E-state index in [9.17, 15) is 13.2 Å². The van der Waals surface area contributed by atoms with Crippen molar-refractivity contribution in [2.75, 3.05) is 0 Å². The molecule has 0 heterocycles. The van der Waals surface area contributed by atoms with Gasteiger partial charge in [-0.05, 0) is 12.5 Å². The van der Waals surface area contributed by atoms with E-state index in [-0.39, 0.29) is 5.56 Å². The third-order valence-corrected chi connectivity index (χ3v) is 1.66. The highest BCUT2D eigenvalue weighted by Crippen LogP contribution is 2.29. The van der Waals surface area contributed by atoms with Gasteiger partial charge >= 0.3 is 0 Å². The van der Waals surface area contributed by atoms with Crippen LogP contribution in [0.5, 0.6) is 0 Å². The highest BCUT2D eigenvalue weighted by Gasteiger charge is 2.28. The van der Waals surface area contributed by atoms with Crippen LogP contribution in [0.4, 0.5) is 13.2 Å². The lowest BCUT2D eigenvalue weighted by Crippen LogP contribution is -2.10. The van der Waals surface area contributed by atoms with Crippen LogP contribution in [0, 0.1) is 12.7 Å². The molecule has 0 aliphatic heterocycles. The second kappa shape index (κ2) is 5.03. The molecule has 14 heavy (non-hydrogen) atoms. The minimum atomic E-state index is -3.10. The Bertz CT molecular complexity index is 287. The van der Waals surface area contributed by atoms with Gasteiger partial charge in [0, 0.05) is 6.92 Å². The first kappa shape index (κ1) is 13.0. The molecule has 0 N–H and O–H groups in total. The molecule has 0 fully saturated rings. The van der Waals surface area contributed by atoms with Crippen LogP contribution in [-0.2, 0) is 5.92 Å². The van der Waals surface area contributed by atoms with E-state index in [2.05, 4.69) is 0 Å². The van der Waals surface area contributed by atoms with Crippen LogP contribution in [-0.4, -0.2) is 0 Å². The molecule has 1 aromatic rings. The molecular weight excluding hydrogens is 189 g/mol. The number of halogens is 3. The van der Waals surface area contributed by atoms with E-state index in [1.54, 1.807) is 0 Å². The van der Waals surface area contributed by atoms with Crippen molar-refractivity contribution in [1.29, 1.82) is 0 Å². The Labute approximate surface area is 82.8 Å². The highest BCUT2D eigenvalue weighted by molar-refractivity contribution is 5.27. The molecule has 1 rings (SSSR count). The van der Waals surface area contributed by atoms with Crippen molar-refractivity contribution in [2.45, 2.75) is 33.6 Å². The molecule has 0 aliphatic rings. The molecule has 80 valence electrons. The SMILES string of the molecule is CC.Cc1cccc(C(C)(F)F)c1F. The fraction of sp³-hybridized carbons (Fsp3) is 0.455. The first-order valence-corrected chi connectivity index (χ1v) is 4.56. The lowest BCUT2D eigenvalue weighted by molar-refractivity contribution is 0.0136. The summed E-state index contributed by atoms with van der Waals surface area (Å²) in [6.07, 6.45) is 0. The van der Waals surface area contributed by atoms with Gasteiger partial charge in [-0.2, -0.15) is 0 Å². The van der Waals surface area contributed by atoms with E-state index >= 15 is 0 Å². The normalized spacial score (nSPS) is 10.5. The van der Waals surface area contributed by atoms with Crippen molar-refractivity contribution in [2.24, 2.45) is 0 Å². The Kier molecular flexibility index (Phi) is 4.68. The maximum Gasteiger partial charge on any atom is 0.273 e. The summed E-state index contributed by atoms with van der Waals surface area (Å²) < 4.78 is 38.3. The lowest BCUT2D eigenvalue weighted by Gasteiger charge is -2.12. The van der Waals surface area contributed by atoms with Gasteiger partial charge in [-0.1, -0.05) is 32.0 Å². The smallest absolute Gasteiger partial charge is 0.206 e. The van der Waals surface area contributed by atoms with E-state index in [0.29, 0.717) is 6.92 Å². The predicted molar refractivity (Wildman–Crippen MR) is 52.1 cm³/mol. The van der Waals surface area contributed by atoms with Crippen molar-refractivity contribution in [3.8, 4) is 0 Å². The molecule has 0 aliphatic carbocycles. The molecule has 1 aromatic carbocycles. The topological polar surface area (TPSA) is 0 Å². The number of rotatable bonds is 1. The van der Waals surface area contributed by atoms with Gasteiger partial charge < -0.3 is 0 Å². The number of hydrogen-bond donors (Lipinski definition) is 0. The molecule has 0 saturated heterocycles. The first-order chi connectivity index (χ1) is 6.43. The molecule has 0 radical (unpaired) electrons. The maximum atomic E-state index is 13.0. The second-order valence-corrected chi connectivity index (χ2v) is 2.82. The molecule has 0 bridgehead atoms. The Morgan fingerprint density at radius 3 is 2.00 bits per heavy atom. The van der Waals surface area contributed by atoms with Gasteiger partial charge in [-0.25, -0.2) is 13.2 Å². The number of hydrogen-bond acceptors (Lipinski definition) is 0. The van der Waals surface area contributed by atoms with Crippen LogP contribution in [0.1, 0.15) is 31.9 Å². The van der Waals surface area contributed by atoms with Crippen molar-refractivity contribution < 1.29 is 13.2 Å². The third-order valence-electron chi connectivity index (χ3n) is 1.66. The number of benzene rings is 1. The van der Waals surface area contributed by atoms with Gasteiger partial charge in [-0.3, -0.25) is 0 Å². The molecule has 3 heteroatoms. The average molecular weight is 204 g/mol. The molecule has 0 amide bonds. The van der Waals surface area contributed by atoms with Crippen molar-refractivity contribution in [3.63, 3.8) is 0 Å². The predicted octanol–water partition coefficient (Wildman–Crippen LogP) is 4.27. The van der Waals surface area contributed by atoms with Gasteiger partial charge in [0.25, 0.3) is 5.92 Å². The molecule has 0 atom stereocenters. The Balaban J connectivity index is 0.000000791. The quantitative estimate of drug-likeness (QED) is 0.640. The molecule has 0 saturated carbocycles. The van der Waals surface area contributed by atoms with Crippen molar-refractivity contribution in [3.05, 3.63) is 35.1 Å². The standard InChI is InChI=1S/C9H9F3.C2H6/c1-6-4-3-5-7(8(6)10)9(2,11)12;1-2/h3-5H,1-2H3;1-2H3. The third kappa shape index (κ3) is 3.05. The monoisotopic (exact) mass is 204 g/mol. The summed E-state index contributed by atoms with van der Waals surface area (Å²) in [7, 11) is 0. The van der Waals surface area contributed by atoms with Gasteiger partial charge in [0.2, 0.25) is 0 Å². The summed E-state index contributed by atoms with van der Waals surface area (Å²) >= 11 is 0. The Morgan fingerprint density at radius 2 is 1.64 bits per heavy atom. The Hall–Kier alpha value is -0.990. The van der Waals surface area contributed by atoms with E-state index in [0.717, 1.165) is 6.07 Å². The van der Waals surface area contributed by atoms with Crippen molar-refractivity contribution in [1.82, 2.24) is 0 Å². The van der Waals surface area contributed by atoms with Crippen LogP contribution in [0.2, 0.25) is 0 Å². The van der Waals surface area contributed by atoms with Gasteiger partial charge in [0.1, 0.15) is 5.82 Å². The first-order valence-electron chi connectivity index (χ1n) is 4.56. The molecule has 0 spiro atoms. The minimum absolute atomic E-state index is 0.244.